The minimum atomic E-state index is -0.396. The van der Waals surface area contributed by atoms with Gasteiger partial charge in [-0.05, 0) is 37.0 Å². The van der Waals surface area contributed by atoms with Crippen molar-refractivity contribution in [3.63, 3.8) is 0 Å². The zero-order chi connectivity index (χ0) is 15.8. The maximum absolute atomic E-state index is 11.7. The minimum Gasteiger partial charge on any atom is -0.497 e. The maximum Gasteiger partial charge on any atom is 0.249 e. The highest BCUT2D eigenvalue weighted by Gasteiger charge is 2.23. The molecule has 1 atom stereocenters. The van der Waals surface area contributed by atoms with Crippen molar-refractivity contribution in [2.45, 2.75) is 25.4 Å². The van der Waals surface area contributed by atoms with E-state index in [4.69, 9.17) is 9.47 Å². The molecule has 0 aliphatic carbocycles. The molecule has 22 heavy (non-hydrogen) atoms. The molecular formula is C16H22N2O4. The van der Waals surface area contributed by atoms with Gasteiger partial charge in [0.1, 0.15) is 11.9 Å². The van der Waals surface area contributed by atoms with Crippen molar-refractivity contribution in [3.8, 4) is 5.75 Å². The van der Waals surface area contributed by atoms with Crippen LogP contribution >= 0.6 is 0 Å². The van der Waals surface area contributed by atoms with Gasteiger partial charge in [0.05, 0.1) is 13.7 Å². The molecule has 6 heteroatoms. The number of hydrogen-bond donors (Lipinski definition) is 2. The van der Waals surface area contributed by atoms with Gasteiger partial charge in [-0.2, -0.15) is 0 Å². The van der Waals surface area contributed by atoms with Crippen LogP contribution < -0.4 is 15.4 Å². The van der Waals surface area contributed by atoms with E-state index in [9.17, 15) is 9.59 Å². The van der Waals surface area contributed by atoms with Crippen LogP contribution in [0.1, 0.15) is 18.4 Å². The van der Waals surface area contributed by atoms with Crippen molar-refractivity contribution in [1.82, 2.24) is 10.6 Å². The summed E-state index contributed by atoms with van der Waals surface area (Å²) in [4.78, 5) is 23.3. The van der Waals surface area contributed by atoms with E-state index in [0.29, 0.717) is 13.2 Å². The lowest BCUT2D eigenvalue weighted by atomic mass is 10.1. The van der Waals surface area contributed by atoms with Crippen LogP contribution in [-0.2, 0) is 20.7 Å². The molecule has 0 spiro atoms. The third kappa shape index (κ3) is 5.04. The molecule has 1 aromatic carbocycles. The first kappa shape index (κ1) is 16.3. The molecule has 0 saturated carbocycles. The van der Waals surface area contributed by atoms with Crippen molar-refractivity contribution in [1.29, 1.82) is 0 Å². The highest BCUT2D eigenvalue weighted by atomic mass is 16.5. The summed E-state index contributed by atoms with van der Waals surface area (Å²) in [5, 5.41) is 5.38. The lowest BCUT2D eigenvalue weighted by molar-refractivity contribution is -0.132. The molecule has 2 N–H and O–H groups in total. The molecule has 1 saturated heterocycles. The van der Waals surface area contributed by atoms with Crippen LogP contribution in [0, 0.1) is 0 Å². The molecule has 1 aliphatic rings. The van der Waals surface area contributed by atoms with Crippen LogP contribution in [0.5, 0.6) is 5.75 Å². The average molecular weight is 306 g/mol. The van der Waals surface area contributed by atoms with E-state index in [1.807, 2.05) is 24.3 Å². The minimum absolute atomic E-state index is 0.0126. The fraction of sp³-hybridized carbons (Fsp3) is 0.500. The second-order valence-electron chi connectivity index (χ2n) is 5.17. The maximum atomic E-state index is 11.7. The molecule has 2 amide bonds. The van der Waals surface area contributed by atoms with Crippen LogP contribution in [0.4, 0.5) is 0 Å². The van der Waals surface area contributed by atoms with Crippen LogP contribution in [-0.4, -0.2) is 44.7 Å². The second kappa shape index (κ2) is 8.38. The average Bonchev–Trinajstić information content (AvgIpc) is 3.08. The Morgan fingerprint density at radius 3 is 2.68 bits per heavy atom. The highest BCUT2D eigenvalue weighted by molar-refractivity contribution is 5.86. The van der Waals surface area contributed by atoms with E-state index in [-0.39, 0.29) is 18.4 Å². The van der Waals surface area contributed by atoms with Gasteiger partial charge in [-0.3, -0.25) is 9.59 Å². The Morgan fingerprint density at radius 1 is 1.27 bits per heavy atom. The number of carbonyl (C=O) groups is 2. The van der Waals surface area contributed by atoms with Crippen LogP contribution in [0.15, 0.2) is 24.3 Å². The molecule has 1 unspecified atom stereocenters. The van der Waals surface area contributed by atoms with Crippen molar-refractivity contribution >= 4 is 11.8 Å². The summed E-state index contributed by atoms with van der Waals surface area (Å²) in [5.41, 5.74) is 1.12. The molecule has 1 fully saturated rings. The molecule has 1 heterocycles. The van der Waals surface area contributed by atoms with Crippen LogP contribution in [0.3, 0.4) is 0 Å². The molecular weight excluding hydrogens is 284 g/mol. The topological polar surface area (TPSA) is 76.7 Å². The SMILES string of the molecule is COc1ccc(CCNC(=O)CNC(=O)C2CCCO2)cc1. The van der Waals surface area contributed by atoms with E-state index < -0.39 is 6.10 Å². The summed E-state index contributed by atoms with van der Waals surface area (Å²) in [6.45, 7) is 1.13. The first-order chi connectivity index (χ1) is 10.7. The Bertz CT molecular complexity index is 495. The van der Waals surface area contributed by atoms with Crippen molar-refractivity contribution in [2.24, 2.45) is 0 Å². The Balaban J connectivity index is 1.61. The van der Waals surface area contributed by atoms with Gasteiger partial charge in [0, 0.05) is 13.2 Å². The fourth-order valence-electron chi connectivity index (χ4n) is 2.27. The van der Waals surface area contributed by atoms with Crippen LogP contribution in [0.25, 0.3) is 0 Å². The zero-order valence-corrected chi connectivity index (χ0v) is 12.8. The summed E-state index contributed by atoms with van der Waals surface area (Å²) in [7, 11) is 1.63. The molecule has 1 aromatic rings. The lowest BCUT2D eigenvalue weighted by Gasteiger charge is -2.10. The Hall–Kier alpha value is -2.08. The number of rotatable bonds is 7. The van der Waals surface area contributed by atoms with Gasteiger partial charge in [0.15, 0.2) is 0 Å². The second-order valence-corrected chi connectivity index (χ2v) is 5.17. The van der Waals surface area contributed by atoms with Crippen molar-refractivity contribution < 1.29 is 19.1 Å². The number of amides is 2. The zero-order valence-electron chi connectivity index (χ0n) is 12.8. The van der Waals surface area contributed by atoms with Gasteiger partial charge < -0.3 is 20.1 Å². The Kier molecular flexibility index (Phi) is 6.21. The first-order valence-corrected chi connectivity index (χ1v) is 7.48. The van der Waals surface area contributed by atoms with E-state index in [1.54, 1.807) is 7.11 Å². The van der Waals surface area contributed by atoms with Gasteiger partial charge in [0.2, 0.25) is 11.8 Å². The summed E-state index contributed by atoms with van der Waals surface area (Å²) in [6, 6.07) is 7.70. The smallest absolute Gasteiger partial charge is 0.249 e. The van der Waals surface area contributed by atoms with Gasteiger partial charge in [-0.1, -0.05) is 12.1 Å². The summed E-state index contributed by atoms with van der Waals surface area (Å²) in [5.74, 6) is 0.410. The van der Waals surface area contributed by atoms with Gasteiger partial charge in [0.25, 0.3) is 0 Å². The summed E-state index contributed by atoms with van der Waals surface area (Å²) < 4.78 is 10.3. The summed E-state index contributed by atoms with van der Waals surface area (Å²) in [6.07, 6.45) is 1.96. The normalized spacial score (nSPS) is 17.0. The molecule has 2 rings (SSSR count). The van der Waals surface area contributed by atoms with Crippen molar-refractivity contribution in [2.75, 3.05) is 26.8 Å². The van der Waals surface area contributed by atoms with Gasteiger partial charge in [-0.15, -0.1) is 0 Å². The van der Waals surface area contributed by atoms with E-state index in [0.717, 1.165) is 30.6 Å². The summed E-state index contributed by atoms with van der Waals surface area (Å²) >= 11 is 0. The van der Waals surface area contributed by atoms with Gasteiger partial charge in [-0.25, -0.2) is 0 Å². The highest BCUT2D eigenvalue weighted by Crippen LogP contribution is 2.12. The molecule has 120 valence electrons. The number of hydrogen-bond acceptors (Lipinski definition) is 4. The fourth-order valence-corrected chi connectivity index (χ4v) is 2.27. The molecule has 0 radical (unpaired) electrons. The lowest BCUT2D eigenvalue weighted by Crippen LogP contribution is -2.41. The molecule has 0 bridgehead atoms. The third-order valence-electron chi connectivity index (χ3n) is 3.54. The number of carbonyl (C=O) groups excluding carboxylic acids is 2. The number of benzene rings is 1. The van der Waals surface area contributed by atoms with Gasteiger partial charge >= 0.3 is 0 Å². The Labute approximate surface area is 130 Å². The quantitative estimate of drug-likeness (QED) is 0.775. The number of ether oxygens (including phenoxy) is 2. The Morgan fingerprint density at radius 2 is 2.05 bits per heavy atom. The standard InChI is InChI=1S/C16H22N2O4/c1-21-13-6-4-12(5-7-13)8-9-17-15(19)11-18-16(20)14-3-2-10-22-14/h4-7,14H,2-3,8-11H2,1H3,(H,17,19)(H,18,20). The predicted octanol–water partition coefficient (Wildman–Crippen LogP) is 0.649. The monoisotopic (exact) mass is 306 g/mol. The molecule has 0 aromatic heterocycles. The molecule has 6 nitrogen and oxygen atoms in total. The number of nitrogens with one attached hydrogen (secondary N) is 2. The van der Waals surface area contributed by atoms with E-state index in [1.165, 1.54) is 0 Å². The van der Waals surface area contributed by atoms with Crippen molar-refractivity contribution in [3.05, 3.63) is 29.8 Å². The third-order valence-corrected chi connectivity index (χ3v) is 3.54. The first-order valence-electron chi connectivity index (χ1n) is 7.48. The van der Waals surface area contributed by atoms with E-state index >= 15 is 0 Å². The van der Waals surface area contributed by atoms with E-state index in [2.05, 4.69) is 10.6 Å². The largest absolute Gasteiger partial charge is 0.497 e. The molecule has 1 aliphatic heterocycles. The predicted molar refractivity (Wildman–Crippen MR) is 81.7 cm³/mol. The number of methoxy groups -OCH3 is 1. The van der Waals surface area contributed by atoms with Crippen LogP contribution in [0.2, 0.25) is 0 Å².